The lowest BCUT2D eigenvalue weighted by Crippen LogP contribution is -2.60. The van der Waals surface area contributed by atoms with Crippen LogP contribution >= 0.6 is 0 Å². The minimum atomic E-state index is -1.58. The molecule has 6 N–H and O–H groups in total. The zero-order valence-corrected chi connectivity index (χ0v) is 38.9. The molecular formula is C52H93NO8. The molecule has 1 heterocycles. The van der Waals surface area contributed by atoms with Crippen molar-refractivity contribution in [3.8, 4) is 0 Å². The first-order valence-corrected chi connectivity index (χ1v) is 25.0. The Morgan fingerprint density at radius 1 is 0.574 bits per heavy atom. The van der Waals surface area contributed by atoms with Crippen LogP contribution in [0.2, 0.25) is 0 Å². The van der Waals surface area contributed by atoms with E-state index in [2.05, 4.69) is 67.8 Å². The summed E-state index contributed by atoms with van der Waals surface area (Å²) >= 11 is 0. The molecule has 9 nitrogen and oxygen atoms in total. The van der Waals surface area contributed by atoms with Crippen LogP contribution in [0.15, 0.2) is 60.8 Å². The molecule has 0 spiro atoms. The Bertz CT molecular complexity index is 1140. The molecule has 0 saturated carbocycles. The Labute approximate surface area is 373 Å². The van der Waals surface area contributed by atoms with E-state index in [0.29, 0.717) is 6.42 Å². The van der Waals surface area contributed by atoms with E-state index >= 15 is 0 Å². The van der Waals surface area contributed by atoms with Gasteiger partial charge < -0.3 is 40.3 Å². The molecule has 1 amide bonds. The number of amides is 1. The van der Waals surface area contributed by atoms with Crippen LogP contribution in [0.1, 0.15) is 206 Å². The highest BCUT2D eigenvalue weighted by Gasteiger charge is 2.44. The molecular weight excluding hydrogens is 767 g/mol. The van der Waals surface area contributed by atoms with Gasteiger partial charge in [0.1, 0.15) is 24.4 Å². The first kappa shape index (κ1) is 56.9. The molecule has 61 heavy (non-hydrogen) atoms. The topological polar surface area (TPSA) is 149 Å². The number of ether oxygens (including phenoxy) is 2. The third kappa shape index (κ3) is 32.2. The zero-order valence-electron chi connectivity index (χ0n) is 38.9. The molecule has 1 rings (SSSR count). The summed E-state index contributed by atoms with van der Waals surface area (Å²) in [6.07, 6.45) is 48.4. The number of allylic oxidation sites excluding steroid dienone is 9. The van der Waals surface area contributed by atoms with Crippen LogP contribution in [-0.2, 0) is 14.3 Å². The third-order valence-electron chi connectivity index (χ3n) is 11.6. The van der Waals surface area contributed by atoms with Crippen LogP contribution in [0.5, 0.6) is 0 Å². The number of aliphatic hydroxyl groups excluding tert-OH is 5. The van der Waals surface area contributed by atoms with Crippen molar-refractivity contribution in [2.75, 3.05) is 13.2 Å². The quantitative estimate of drug-likeness (QED) is 0.0263. The van der Waals surface area contributed by atoms with Gasteiger partial charge in [-0.05, 0) is 70.6 Å². The molecule has 354 valence electrons. The van der Waals surface area contributed by atoms with E-state index in [9.17, 15) is 30.3 Å². The third-order valence-corrected chi connectivity index (χ3v) is 11.6. The Morgan fingerprint density at radius 2 is 1.03 bits per heavy atom. The lowest BCUT2D eigenvalue weighted by molar-refractivity contribution is -0.302. The molecule has 0 aromatic carbocycles. The molecule has 0 bridgehead atoms. The lowest BCUT2D eigenvalue weighted by atomic mass is 9.99. The van der Waals surface area contributed by atoms with Crippen LogP contribution in [-0.4, -0.2) is 87.5 Å². The fraction of sp³-hybridized carbons (Fsp3) is 0.788. The fourth-order valence-corrected chi connectivity index (χ4v) is 7.58. The highest BCUT2D eigenvalue weighted by molar-refractivity contribution is 5.76. The molecule has 0 aromatic heterocycles. The minimum absolute atomic E-state index is 0.193. The van der Waals surface area contributed by atoms with E-state index in [-0.39, 0.29) is 12.5 Å². The first-order valence-electron chi connectivity index (χ1n) is 25.0. The summed E-state index contributed by atoms with van der Waals surface area (Å²) in [6.45, 7) is 3.64. The molecule has 1 aliphatic rings. The van der Waals surface area contributed by atoms with Crippen molar-refractivity contribution in [1.29, 1.82) is 0 Å². The molecule has 7 unspecified atom stereocenters. The maximum atomic E-state index is 13.0. The highest BCUT2D eigenvalue weighted by Crippen LogP contribution is 2.22. The number of hydrogen-bond acceptors (Lipinski definition) is 8. The standard InChI is InChI=1S/C52H93NO8/c1-3-5-7-9-11-13-15-17-19-21-22-23-24-26-28-30-32-34-36-38-40-42-48(56)53-45(44-60-52-51(59)50(58)49(57)47(43-54)61-52)46(55)41-39-37-35-33-31-29-27-25-20-18-16-14-12-10-8-6-4-2/h5,7,11,13,20,25,31,33,39,41,45-47,49-52,54-55,57-59H,3-4,6,8-10,12,14-19,21-24,26-30,32,34-38,40,42-44H2,1-2H3,(H,53,56)/b7-5-,13-11-,25-20+,33-31+,41-39+. The van der Waals surface area contributed by atoms with E-state index in [1.807, 2.05) is 6.08 Å². The minimum Gasteiger partial charge on any atom is -0.394 e. The lowest BCUT2D eigenvalue weighted by Gasteiger charge is -2.40. The van der Waals surface area contributed by atoms with Crippen LogP contribution in [0.3, 0.4) is 0 Å². The first-order chi connectivity index (χ1) is 29.8. The van der Waals surface area contributed by atoms with Gasteiger partial charge in [-0.2, -0.15) is 0 Å². The van der Waals surface area contributed by atoms with Gasteiger partial charge in [0.05, 0.1) is 25.4 Å². The molecule has 1 aliphatic heterocycles. The molecule has 0 aromatic rings. The van der Waals surface area contributed by atoms with Crippen LogP contribution in [0.25, 0.3) is 0 Å². The van der Waals surface area contributed by atoms with Gasteiger partial charge in [-0.1, -0.05) is 190 Å². The molecule has 0 aliphatic carbocycles. The van der Waals surface area contributed by atoms with Gasteiger partial charge in [-0.3, -0.25) is 4.79 Å². The number of carbonyl (C=O) groups is 1. The van der Waals surface area contributed by atoms with E-state index in [4.69, 9.17) is 9.47 Å². The summed E-state index contributed by atoms with van der Waals surface area (Å²) in [6, 6.07) is -0.829. The van der Waals surface area contributed by atoms with Crippen molar-refractivity contribution in [1.82, 2.24) is 5.32 Å². The average molecular weight is 860 g/mol. The van der Waals surface area contributed by atoms with Gasteiger partial charge in [0, 0.05) is 6.42 Å². The van der Waals surface area contributed by atoms with E-state index in [0.717, 1.165) is 64.2 Å². The van der Waals surface area contributed by atoms with E-state index in [1.54, 1.807) is 6.08 Å². The summed E-state index contributed by atoms with van der Waals surface area (Å²) in [5.74, 6) is -0.193. The van der Waals surface area contributed by atoms with Gasteiger partial charge >= 0.3 is 0 Å². The summed E-state index contributed by atoms with van der Waals surface area (Å²) in [4.78, 5) is 13.0. The molecule has 7 atom stereocenters. The normalized spacial score (nSPS) is 20.9. The second-order valence-electron chi connectivity index (χ2n) is 17.2. The number of nitrogens with one attached hydrogen (secondary N) is 1. The number of carbonyl (C=O) groups excluding carboxylic acids is 1. The van der Waals surface area contributed by atoms with Crippen molar-refractivity contribution >= 4 is 5.91 Å². The van der Waals surface area contributed by atoms with Crippen LogP contribution in [0, 0.1) is 0 Å². The smallest absolute Gasteiger partial charge is 0.220 e. The maximum Gasteiger partial charge on any atom is 0.220 e. The fourth-order valence-electron chi connectivity index (χ4n) is 7.58. The Kier molecular flexibility index (Phi) is 39.1. The van der Waals surface area contributed by atoms with Gasteiger partial charge in [0.25, 0.3) is 0 Å². The number of unbranched alkanes of at least 4 members (excludes halogenated alkanes) is 23. The van der Waals surface area contributed by atoms with Crippen molar-refractivity contribution in [3.05, 3.63) is 60.8 Å². The number of rotatable bonds is 41. The second-order valence-corrected chi connectivity index (χ2v) is 17.2. The van der Waals surface area contributed by atoms with Crippen molar-refractivity contribution < 1.29 is 39.8 Å². The SMILES string of the molecule is CC/C=C\C/C=C\CCCCCCCCCCCCCCCCC(=O)NC(COC1OC(CO)C(O)C(O)C1O)C(O)/C=C/CC/C=C/CC/C=C/CCCCCCCCC. The summed E-state index contributed by atoms with van der Waals surface area (Å²) in [5, 5.41) is 54.3. The van der Waals surface area contributed by atoms with Crippen LogP contribution < -0.4 is 5.32 Å². The second kappa shape index (κ2) is 41.9. The molecule has 9 heteroatoms. The largest absolute Gasteiger partial charge is 0.394 e. The Balaban J connectivity index is 2.33. The summed E-state index contributed by atoms with van der Waals surface area (Å²) < 4.78 is 11.2. The Hall–Kier alpha value is -2.11. The highest BCUT2D eigenvalue weighted by atomic mass is 16.7. The predicted molar refractivity (Wildman–Crippen MR) is 253 cm³/mol. The predicted octanol–water partition coefficient (Wildman–Crippen LogP) is 11.2. The molecule has 0 radical (unpaired) electrons. The monoisotopic (exact) mass is 860 g/mol. The average Bonchev–Trinajstić information content (AvgIpc) is 3.26. The zero-order chi connectivity index (χ0) is 44.4. The van der Waals surface area contributed by atoms with Crippen LogP contribution in [0.4, 0.5) is 0 Å². The van der Waals surface area contributed by atoms with Crippen molar-refractivity contribution in [2.24, 2.45) is 0 Å². The van der Waals surface area contributed by atoms with E-state index < -0.39 is 49.5 Å². The number of hydrogen-bond donors (Lipinski definition) is 6. The van der Waals surface area contributed by atoms with E-state index in [1.165, 1.54) is 122 Å². The van der Waals surface area contributed by atoms with Gasteiger partial charge in [0.15, 0.2) is 6.29 Å². The summed E-state index contributed by atoms with van der Waals surface area (Å²) in [7, 11) is 0. The summed E-state index contributed by atoms with van der Waals surface area (Å²) in [5.41, 5.74) is 0. The van der Waals surface area contributed by atoms with Gasteiger partial charge in [-0.25, -0.2) is 0 Å². The van der Waals surface area contributed by atoms with Gasteiger partial charge in [-0.15, -0.1) is 0 Å². The van der Waals surface area contributed by atoms with Crippen molar-refractivity contribution in [3.63, 3.8) is 0 Å². The van der Waals surface area contributed by atoms with Gasteiger partial charge in [0.2, 0.25) is 5.91 Å². The van der Waals surface area contributed by atoms with Crippen molar-refractivity contribution in [2.45, 2.75) is 249 Å². The molecule has 1 fully saturated rings. The molecule has 1 saturated heterocycles. The number of aliphatic hydroxyl groups is 5. The Morgan fingerprint density at radius 3 is 1.56 bits per heavy atom. The maximum absolute atomic E-state index is 13.0.